The van der Waals surface area contributed by atoms with Crippen molar-refractivity contribution >= 4 is 28.3 Å². The molecule has 3 aromatic carbocycles. The Balaban J connectivity index is 1.51. The molecular formula is C30H25F5N4O4. The molecule has 1 aliphatic rings. The van der Waals surface area contributed by atoms with Gasteiger partial charge in [0.1, 0.15) is 24.0 Å². The SMILES string of the molecule is C=CC(=O)N1CCC(Oc2cc3c(Nc4cc(-c5c(F)c(F)c(F)c(F)c5F)ccc4OC)ncnc3cc2OC)CC1. The summed E-state index contributed by atoms with van der Waals surface area (Å²) in [4.78, 5) is 22.2. The summed E-state index contributed by atoms with van der Waals surface area (Å²) in [5, 5.41) is 3.49. The number of carbonyl (C=O) groups excluding carboxylic acids is 1. The van der Waals surface area contributed by atoms with Gasteiger partial charge in [0, 0.05) is 37.4 Å². The van der Waals surface area contributed by atoms with E-state index in [0.717, 1.165) is 0 Å². The summed E-state index contributed by atoms with van der Waals surface area (Å²) in [5.41, 5.74) is -0.790. The van der Waals surface area contributed by atoms with Crippen molar-refractivity contribution < 1.29 is 41.0 Å². The minimum atomic E-state index is -2.25. The Bertz CT molecular complexity index is 1700. The number of amides is 1. The third-order valence-electron chi connectivity index (χ3n) is 7.09. The van der Waals surface area contributed by atoms with Crippen LogP contribution >= 0.6 is 0 Å². The number of rotatable bonds is 8. The van der Waals surface area contributed by atoms with E-state index in [-0.39, 0.29) is 34.8 Å². The number of nitrogens with zero attached hydrogens (tertiary/aromatic N) is 3. The van der Waals surface area contributed by atoms with Crippen molar-refractivity contribution in [3.8, 4) is 28.4 Å². The molecule has 1 N–H and O–H groups in total. The first-order valence-electron chi connectivity index (χ1n) is 13.0. The molecule has 13 heteroatoms. The van der Waals surface area contributed by atoms with Crippen LogP contribution in [0.2, 0.25) is 0 Å². The van der Waals surface area contributed by atoms with Crippen LogP contribution in [0.1, 0.15) is 12.8 Å². The number of nitrogens with one attached hydrogen (secondary N) is 1. The highest BCUT2D eigenvalue weighted by Crippen LogP contribution is 2.40. The van der Waals surface area contributed by atoms with Crippen LogP contribution in [0.15, 0.2) is 49.3 Å². The van der Waals surface area contributed by atoms with Crippen LogP contribution in [0.5, 0.6) is 17.2 Å². The molecule has 0 spiro atoms. The fourth-order valence-corrected chi connectivity index (χ4v) is 4.87. The standard InChI is InChI=1S/C30H25F5N4O4/c1-4-23(40)39-9-7-16(8-10-39)43-22-12-17-18(13-21(22)42-3)36-14-37-30(17)38-19-11-15(5-6-20(19)41-2)24-25(31)27(33)29(35)28(34)26(24)32/h4-6,11-14,16H,1,7-10H2,2-3H3,(H,36,37,38). The van der Waals surface area contributed by atoms with E-state index in [1.54, 1.807) is 17.0 Å². The van der Waals surface area contributed by atoms with Crippen molar-refractivity contribution in [2.24, 2.45) is 0 Å². The lowest BCUT2D eigenvalue weighted by molar-refractivity contribution is -0.127. The third-order valence-corrected chi connectivity index (χ3v) is 7.09. The molecule has 1 aromatic heterocycles. The second kappa shape index (κ2) is 12.1. The van der Waals surface area contributed by atoms with Crippen molar-refractivity contribution in [1.29, 1.82) is 0 Å². The van der Waals surface area contributed by atoms with Crippen LogP contribution in [-0.2, 0) is 4.79 Å². The Kier molecular flexibility index (Phi) is 8.33. The summed E-state index contributed by atoms with van der Waals surface area (Å²) < 4.78 is 87.8. The molecule has 4 aromatic rings. The molecule has 5 rings (SSSR count). The molecule has 8 nitrogen and oxygen atoms in total. The van der Waals surface area contributed by atoms with E-state index in [2.05, 4.69) is 21.9 Å². The first kappa shape index (κ1) is 29.5. The molecule has 1 saturated heterocycles. The fraction of sp³-hybridized carbons (Fsp3) is 0.233. The number of ether oxygens (including phenoxy) is 3. The zero-order valence-electron chi connectivity index (χ0n) is 23.0. The van der Waals surface area contributed by atoms with Crippen LogP contribution in [0.25, 0.3) is 22.0 Å². The summed E-state index contributed by atoms with van der Waals surface area (Å²) >= 11 is 0. The van der Waals surface area contributed by atoms with Crippen molar-refractivity contribution in [3.05, 3.63) is 78.4 Å². The zero-order chi connectivity index (χ0) is 30.8. The number of carbonyl (C=O) groups is 1. The smallest absolute Gasteiger partial charge is 0.245 e. The van der Waals surface area contributed by atoms with Gasteiger partial charge < -0.3 is 24.4 Å². The Labute approximate surface area is 242 Å². The highest BCUT2D eigenvalue weighted by atomic mass is 19.2. The summed E-state index contributed by atoms with van der Waals surface area (Å²) in [6, 6.07) is 6.99. The van der Waals surface area contributed by atoms with Gasteiger partial charge in [-0.15, -0.1) is 0 Å². The molecule has 2 heterocycles. The number of methoxy groups -OCH3 is 2. The Hall–Kier alpha value is -4.94. The number of hydrogen-bond acceptors (Lipinski definition) is 7. The van der Waals surface area contributed by atoms with E-state index in [1.165, 1.54) is 44.8 Å². The number of halogens is 5. The number of benzene rings is 3. The van der Waals surface area contributed by atoms with Crippen LogP contribution in [0.4, 0.5) is 33.5 Å². The molecule has 1 amide bonds. The van der Waals surface area contributed by atoms with Gasteiger partial charge in [-0.25, -0.2) is 31.9 Å². The number of anilines is 2. The molecular weight excluding hydrogens is 575 g/mol. The Morgan fingerprint density at radius 1 is 0.907 bits per heavy atom. The summed E-state index contributed by atoms with van der Waals surface area (Å²) in [6.07, 6.45) is 3.50. The van der Waals surface area contributed by atoms with Crippen LogP contribution in [-0.4, -0.2) is 54.2 Å². The molecule has 0 atom stereocenters. The third kappa shape index (κ3) is 5.62. The summed E-state index contributed by atoms with van der Waals surface area (Å²) in [5.74, 6) is -9.20. The average Bonchev–Trinajstić information content (AvgIpc) is 3.03. The predicted molar refractivity (Wildman–Crippen MR) is 148 cm³/mol. The molecule has 1 fully saturated rings. The molecule has 43 heavy (non-hydrogen) atoms. The number of fused-ring (bicyclic) bond motifs is 1. The van der Waals surface area contributed by atoms with Gasteiger partial charge in [-0.05, 0) is 29.8 Å². The molecule has 0 aliphatic carbocycles. The maximum atomic E-state index is 14.6. The predicted octanol–water partition coefficient (Wildman–Crippen LogP) is 6.31. The van der Waals surface area contributed by atoms with Crippen LogP contribution in [0.3, 0.4) is 0 Å². The minimum Gasteiger partial charge on any atom is -0.495 e. The lowest BCUT2D eigenvalue weighted by atomic mass is 10.0. The fourth-order valence-electron chi connectivity index (χ4n) is 4.87. The topological polar surface area (TPSA) is 85.8 Å². The average molecular weight is 601 g/mol. The summed E-state index contributed by atoms with van der Waals surface area (Å²) in [6.45, 7) is 4.52. The van der Waals surface area contributed by atoms with Crippen LogP contribution < -0.4 is 19.5 Å². The van der Waals surface area contributed by atoms with Crippen molar-refractivity contribution in [2.75, 3.05) is 32.6 Å². The quantitative estimate of drug-likeness (QED) is 0.110. The number of hydrogen-bond donors (Lipinski definition) is 1. The van der Waals surface area contributed by atoms with E-state index in [9.17, 15) is 26.7 Å². The van der Waals surface area contributed by atoms with Gasteiger partial charge in [0.2, 0.25) is 11.7 Å². The van der Waals surface area contributed by atoms with Gasteiger partial charge in [-0.2, -0.15) is 0 Å². The zero-order valence-corrected chi connectivity index (χ0v) is 23.0. The summed E-state index contributed by atoms with van der Waals surface area (Å²) in [7, 11) is 2.83. The van der Waals surface area contributed by atoms with Gasteiger partial charge in [-0.3, -0.25) is 4.79 Å². The van der Waals surface area contributed by atoms with E-state index in [4.69, 9.17) is 14.2 Å². The molecule has 0 radical (unpaired) electrons. The minimum absolute atomic E-state index is 0.126. The maximum Gasteiger partial charge on any atom is 0.245 e. The molecule has 0 unspecified atom stereocenters. The van der Waals surface area contributed by atoms with Gasteiger partial charge in [-0.1, -0.05) is 12.6 Å². The van der Waals surface area contributed by atoms with Crippen molar-refractivity contribution in [1.82, 2.24) is 14.9 Å². The lowest BCUT2D eigenvalue weighted by Crippen LogP contribution is -2.41. The number of likely N-dealkylation sites (tertiary alicyclic amines) is 1. The lowest BCUT2D eigenvalue weighted by Gasteiger charge is -2.31. The number of aromatic nitrogens is 2. The molecule has 1 aliphatic heterocycles. The van der Waals surface area contributed by atoms with Gasteiger partial charge in [0.15, 0.2) is 34.8 Å². The maximum absolute atomic E-state index is 14.6. The van der Waals surface area contributed by atoms with E-state index < -0.39 is 34.6 Å². The molecule has 0 saturated carbocycles. The van der Waals surface area contributed by atoms with Crippen molar-refractivity contribution in [3.63, 3.8) is 0 Å². The molecule has 224 valence electrons. The van der Waals surface area contributed by atoms with Gasteiger partial charge in [0.25, 0.3) is 0 Å². The van der Waals surface area contributed by atoms with Crippen LogP contribution in [0, 0.1) is 29.1 Å². The Morgan fingerprint density at radius 3 is 2.19 bits per heavy atom. The van der Waals surface area contributed by atoms with Gasteiger partial charge in [0.05, 0.1) is 31.0 Å². The van der Waals surface area contributed by atoms with E-state index >= 15 is 0 Å². The number of piperidine rings is 1. The second-order valence-electron chi connectivity index (χ2n) is 9.57. The second-order valence-corrected chi connectivity index (χ2v) is 9.57. The monoisotopic (exact) mass is 600 g/mol. The van der Waals surface area contributed by atoms with Gasteiger partial charge >= 0.3 is 0 Å². The normalized spacial score (nSPS) is 13.6. The Morgan fingerprint density at radius 2 is 1.56 bits per heavy atom. The first-order valence-corrected chi connectivity index (χ1v) is 13.0. The highest BCUT2D eigenvalue weighted by molar-refractivity contribution is 5.94. The van der Waals surface area contributed by atoms with E-state index in [0.29, 0.717) is 48.3 Å². The largest absolute Gasteiger partial charge is 0.495 e. The van der Waals surface area contributed by atoms with E-state index in [1.807, 2.05) is 0 Å². The van der Waals surface area contributed by atoms with Crippen molar-refractivity contribution in [2.45, 2.75) is 18.9 Å². The first-order chi connectivity index (χ1) is 20.7. The highest BCUT2D eigenvalue weighted by Gasteiger charge is 2.28. The molecule has 0 bridgehead atoms.